The summed E-state index contributed by atoms with van der Waals surface area (Å²) >= 11 is 0. The number of ether oxygens (including phenoxy) is 2. The van der Waals surface area contributed by atoms with Crippen LogP contribution in [0.3, 0.4) is 0 Å². The maximum absolute atomic E-state index is 9.32. The molecule has 1 aliphatic carbocycles. The Balaban J connectivity index is 1.78. The van der Waals surface area contributed by atoms with Gasteiger partial charge in [-0.3, -0.25) is 0 Å². The number of rotatable bonds is 4. The van der Waals surface area contributed by atoms with Crippen molar-refractivity contribution in [3.63, 3.8) is 0 Å². The van der Waals surface area contributed by atoms with Gasteiger partial charge in [-0.2, -0.15) is 0 Å². The molecule has 4 heteroatoms. The summed E-state index contributed by atoms with van der Waals surface area (Å²) in [6, 6.07) is 0.701. The summed E-state index contributed by atoms with van der Waals surface area (Å²) in [6.45, 7) is 5.97. The van der Waals surface area contributed by atoms with Gasteiger partial charge in [0.15, 0.2) is 5.79 Å². The van der Waals surface area contributed by atoms with E-state index < -0.39 is 0 Å². The Bertz CT molecular complexity index is 229. The average molecular weight is 243 g/mol. The molecule has 17 heavy (non-hydrogen) atoms. The van der Waals surface area contributed by atoms with E-state index in [4.69, 9.17) is 9.47 Å². The fourth-order valence-corrected chi connectivity index (χ4v) is 2.77. The van der Waals surface area contributed by atoms with Crippen molar-refractivity contribution >= 4 is 0 Å². The molecule has 1 saturated heterocycles. The van der Waals surface area contributed by atoms with Crippen LogP contribution in [0.4, 0.5) is 0 Å². The molecule has 0 radical (unpaired) electrons. The number of aliphatic hydroxyl groups excluding tert-OH is 1. The lowest BCUT2D eigenvalue weighted by Gasteiger charge is -2.37. The third kappa shape index (κ3) is 3.19. The Kier molecular flexibility index (Phi) is 4.42. The number of aliphatic hydroxyl groups is 1. The number of hydrogen-bond acceptors (Lipinski definition) is 4. The van der Waals surface area contributed by atoms with Crippen LogP contribution in [0.5, 0.6) is 0 Å². The fraction of sp³-hybridized carbons (Fsp3) is 1.00. The lowest BCUT2D eigenvalue weighted by Crippen LogP contribution is -2.48. The van der Waals surface area contributed by atoms with Gasteiger partial charge in [-0.25, -0.2) is 0 Å². The summed E-state index contributed by atoms with van der Waals surface area (Å²) in [5.41, 5.74) is 0. The molecule has 2 rings (SSSR count). The third-order valence-electron chi connectivity index (χ3n) is 4.01. The van der Waals surface area contributed by atoms with Gasteiger partial charge in [0.05, 0.1) is 19.8 Å². The molecule has 1 heterocycles. The zero-order valence-electron chi connectivity index (χ0n) is 10.9. The molecule has 100 valence electrons. The van der Waals surface area contributed by atoms with Gasteiger partial charge in [0.2, 0.25) is 0 Å². The lowest BCUT2D eigenvalue weighted by molar-refractivity contribution is -0.180. The third-order valence-corrected chi connectivity index (χ3v) is 4.01. The average Bonchev–Trinajstić information content (AvgIpc) is 2.77. The first-order chi connectivity index (χ1) is 8.15. The summed E-state index contributed by atoms with van der Waals surface area (Å²) < 4.78 is 11.4. The predicted octanol–water partition coefficient (Wildman–Crippen LogP) is 1.28. The minimum absolute atomic E-state index is 0.208. The molecule has 1 aliphatic heterocycles. The van der Waals surface area contributed by atoms with Crippen LogP contribution in [0.25, 0.3) is 0 Å². The first kappa shape index (κ1) is 13.3. The second kappa shape index (κ2) is 5.65. The van der Waals surface area contributed by atoms with E-state index in [-0.39, 0.29) is 18.4 Å². The van der Waals surface area contributed by atoms with Crippen molar-refractivity contribution < 1.29 is 14.6 Å². The van der Waals surface area contributed by atoms with Crippen molar-refractivity contribution in [3.05, 3.63) is 0 Å². The summed E-state index contributed by atoms with van der Waals surface area (Å²) in [5, 5.41) is 12.9. The topological polar surface area (TPSA) is 50.7 Å². The maximum atomic E-state index is 9.32. The standard InChI is InChI=1S/C13H25NO3/c1-10(2)12(9-15)14-11-3-5-13(6-4-11)16-7-8-17-13/h10-12,14-15H,3-9H2,1-2H3. The lowest BCUT2D eigenvalue weighted by atomic mass is 9.89. The molecule has 2 N–H and O–H groups in total. The van der Waals surface area contributed by atoms with Crippen molar-refractivity contribution in [2.24, 2.45) is 5.92 Å². The molecule has 4 nitrogen and oxygen atoms in total. The Morgan fingerprint density at radius 1 is 1.24 bits per heavy atom. The van der Waals surface area contributed by atoms with Crippen molar-refractivity contribution in [3.8, 4) is 0 Å². The molecule has 1 saturated carbocycles. The molecule has 2 fully saturated rings. The van der Waals surface area contributed by atoms with Crippen LogP contribution in [-0.4, -0.2) is 42.8 Å². The molecule has 0 bridgehead atoms. The van der Waals surface area contributed by atoms with Crippen molar-refractivity contribution in [1.82, 2.24) is 5.32 Å². The van der Waals surface area contributed by atoms with E-state index in [1.807, 2.05) is 0 Å². The molecule has 1 spiro atoms. The molecule has 1 atom stereocenters. The van der Waals surface area contributed by atoms with Gasteiger partial charge in [-0.15, -0.1) is 0 Å². The SMILES string of the molecule is CC(C)C(CO)NC1CCC2(CC1)OCCO2. The minimum Gasteiger partial charge on any atom is -0.395 e. The monoisotopic (exact) mass is 243 g/mol. The quantitative estimate of drug-likeness (QED) is 0.781. The van der Waals surface area contributed by atoms with E-state index in [1.54, 1.807) is 0 Å². The summed E-state index contributed by atoms with van der Waals surface area (Å²) in [7, 11) is 0. The van der Waals surface area contributed by atoms with Crippen LogP contribution in [0.15, 0.2) is 0 Å². The number of nitrogens with one attached hydrogen (secondary N) is 1. The Hall–Kier alpha value is -0.160. The second-order valence-electron chi connectivity index (χ2n) is 5.58. The molecular formula is C13H25NO3. The molecule has 0 aromatic carbocycles. The first-order valence-corrected chi connectivity index (χ1v) is 6.80. The Morgan fingerprint density at radius 2 is 1.82 bits per heavy atom. The highest BCUT2D eigenvalue weighted by molar-refractivity contribution is 4.87. The molecular weight excluding hydrogens is 218 g/mol. The maximum Gasteiger partial charge on any atom is 0.168 e. The smallest absolute Gasteiger partial charge is 0.168 e. The highest BCUT2D eigenvalue weighted by atomic mass is 16.7. The van der Waals surface area contributed by atoms with E-state index in [0.717, 1.165) is 38.9 Å². The van der Waals surface area contributed by atoms with Crippen LogP contribution < -0.4 is 5.32 Å². The predicted molar refractivity (Wildman–Crippen MR) is 65.7 cm³/mol. The Morgan fingerprint density at radius 3 is 2.29 bits per heavy atom. The highest BCUT2D eigenvalue weighted by Crippen LogP contribution is 2.35. The van der Waals surface area contributed by atoms with Crippen LogP contribution >= 0.6 is 0 Å². The number of hydrogen-bond donors (Lipinski definition) is 2. The molecule has 0 aromatic heterocycles. The van der Waals surface area contributed by atoms with E-state index in [0.29, 0.717) is 12.0 Å². The Labute approximate surface area is 104 Å². The summed E-state index contributed by atoms with van der Waals surface area (Å²) in [4.78, 5) is 0. The summed E-state index contributed by atoms with van der Waals surface area (Å²) in [6.07, 6.45) is 4.09. The van der Waals surface area contributed by atoms with E-state index in [9.17, 15) is 5.11 Å². The van der Waals surface area contributed by atoms with E-state index in [1.165, 1.54) is 0 Å². The van der Waals surface area contributed by atoms with E-state index in [2.05, 4.69) is 19.2 Å². The van der Waals surface area contributed by atoms with Crippen LogP contribution in [0.2, 0.25) is 0 Å². The second-order valence-corrected chi connectivity index (χ2v) is 5.58. The van der Waals surface area contributed by atoms with Gasteiger partial charge < -0.3 is 19.9 Å². The summed E-state index contributed by atoms with van der Waals surface area (Å²) in [5.74, 6) is 0.194. The van der Waals surface area contributed by atoms with Crippen LogP contribution in [-0.2, 0) is 9.47 Å². The highest BCUT2D eigenvalue weighted by Gasteiger charge is 2.40. The normalized spacial score (nSPS) is 26.8. The molecule has 0 amide bonds. The van der Waals surface area contributed by atoms with Gasteiger partial charge in [0.25, 0.3) is 0 Å². The largest absolute Gasteiger partial charge is 0.395 e. The van der Waals surface area contributed by atoms with Crippen molar-refractivity contribution in [2.45, 2.75) is 57.4 Å². The fourth-order valence-electron chi connectivity index (χ4n) is 2.77. The van der Waals surface area contributed by atoms with Crippen molar-refractivity contribution in [1.29, 1.82) is 0 Å². The molecule has 0 aromatic rings. The van der Waals surface area contributed by atoms with Gasteiger partial charge in [-0.05, 0) is 18.8 Å². The van der Waals surface area contributed by atoms with Gasteiger partial charge in [0.1, 0.15) is 0 Å². The van der Waals surface area contributed by atoms with Gasteiger partial charge in [-0.1, -0.05) is 13.8 Å². The minimum atomic E-state index is -0.273. The van der Waals surface area contributed by atoms with Crippen LogP contribution in [0.1, 0.15) is 39.5 Å². The zero-order chi connectivity index (χ0) is 12.3. The molecule has 1 unspecified atom stereocenters. The van der Waals surface area contributed by atoms with Crippen molar-refractivity contribution in [2.75, 3.05) is 19.8 Å². The van der Waals surface area contributed by atoms with E-state index >= 15 is 0 Å². The zero-order valence-corrected chi connectivity index (χ0v) is 10.9. The van der Waals surface area contributed by atoms with Crippen LogP contribution in [0, 0.1) is 5.92 Å². The molecule has 2 aliphatic rings. The van der Waals surface area contributed by atoms with Gasteiger partial charge in [0, 0.05) is 24.9 Å². The van der Waals surface area contributed by atoms with Gasteiger partial charge >= 0.3 is 0 Å². The first-order valence-electron chi connectivity index (χ1n) is 6.80.